The fraction of sp³-hybridized carbons (Fsp3) is 0.368. The molecule has 26 heavy (non-hydrogen) atoms. The average molecular weight is 373 g/mol. The highest BCUT2D eigenvalue weighted by Crippen LogP contribution is 2.31. The SMILES string of the molecule is COc1ccc(CN(C)CC(=O)Nc2sc(C)c(C)c2C#N)c(OC)c1. The molecule has 1 aromatic heterocycles. The van der Waals surface area contributed by atoms with Gasteiger partial charge in [0.2, 0.25) is 5.91 Å². The number of aryl methyl sites for hydroxylation is 1. The molecule has 1 N–H and O–H groups in total. The average Bonchev–Trinajstić information content (AvgIpc) is 2.87. The van der Waals surface area contributed by atoms with Gasteiger partial charge in [-0.1, -0.05) is 6.07 Å². The van der Waals surface area contributed by atoms with Crippen molar-refractivity contribution in [1.82, 2.24) is 4.90 Å². The van der Waals surface area contributed by atoms with Crippen LogP contribution >= 0.6 is 11.3 Å². The number of anilines is 1. The summed E-state index contributed by atoms with van der Waals surface area (Å²) >= 11 is 1.43. The number of hydrogen-bond donors (Lipinski definition) is 1. The predicted octanol–water partition coefficient (Wildman–Crippen LogP) is 3.32. The Balaban J connectivity index is 2.02. The number of carbonyl (C=O) groups excluding carboxylic acids is 1. The monoisotopic (exact) mass is 373 g/mol. The zero-order valence-corrected chi connectivity index (χ0v) is 16.5. The van der Waals surface area contributed by atoms with E-state index in [2.05, 4.69) is 11.4 Å². The number of likely N-dealkylation sites (N-methyl/N-ethyl adjacent to an activating group) is 1. The maximum atomic E-state index is 12.3. The van der Waals surface area contributed by atoms with Crippen LogP contribution in [0, 0.1) is 25.2 Å². The van der Waals surface area contributed by atoms with Crippen molar-refractivity contribution in [1.29, 1.82) is 5.26 Å². The Morgan fingerprint density at radius 3 is 2.65 bits per heavy atom. The molecular formula is C19H23N3O3S. The molecule has 0 bridgehead atoms. The first kappa shape index (κ1) is 19.8. The lowest BCUT2D eigenvalue weighted by Crippen LogP contribution is -2.29. The van der Waals surface area contributed by atoms with Crippen LogP contribution in [-0.2, 0) is 11.3 Å². The fourth-order valence-electron chi connectivity index (χ4n) is 2.59. The molecule has 0 spiro atoms. The van der Waals surface area contributed by atoms with Gasteiger partial charge in [-0.2, -0.15) is 5.26 Å². The Labute approximate surface area is 158 Å². The van der Waals surface area contributed by atoms with Gasteiger partial charge in [0.1, 0.15) is 22.6 Å². The lowest BCUT2D eigenvalue weighted by Gasteiger charge is -2.18. The van der Waals surface area contributed by atoms with Crippen LogP contribution in [0.4, 0.5) is 5.00 Å². The molecule has 0 saturated heterocycles. The van der Waals surface area contributed by atoms with E-state index in [1.165, 1.54) is 11.3 Å². The van der Waals surface area contributed by atoms with E-state index in [-0.39, 0.29) is 12.5 Å². The van der Waals surface area contributed by atoms with Gasteiger partial charge < -0.3 is 14.8 Å². The third-order valence-corrected chi connectivity index (χ3v) is 5.22. The van der Waals surface area contributed by atoms with Crippen molar-refractivity contribution < 1.29 is 14.3 Å². The standard InChI is InChI=1S/C19H23N3O3S/c1-12-13(2)26-19(16(12)9-20)21-18(23)11-22(3)10-14-6-7-15(24-4)8-17(14)25-5/h6-8H,10-11H2,1-5H3,(H,21,23). The number of methoxy groups -OCH3 is 2. The molecule has 1 amide bonds. The quantitative estimate of drug-likeness (QED) is 0.806. The summed E-state index contributed by atoms with van der Waals surface area (Å²) in [5.74, 6) is 1.28. The van der Waals surface area contributed by atoms with Crippen LogP contribution in [0.15, 0.2) is 18.2 Å². The first-order valence-corrected chi connectivity index (χ1v) is 8.90. The second-order valence-corrected chi connectivity index (χ2v) is 7.22. The Morgan fingerprint density at radius 2 is 2.04 bits per heavy atom. The molecule has 2 aromatic rings. The fourth-order valence-corrected chi connectivity index (χ4v) is 3.62. The molecule has 138 valence electrons. The van der Waals surface area contributed by atoms with Crippen LogP contribution in [0.3, 0.4) is 0 Å². The number of benzene rings is 1. The van der Waals surface area contributed by atoms with Gasteiger partial charge in [0, 0.05) is 23.1 Å². The molecule has 0 atom stereocenters. The molecule has 1 aromatic carbocycles. The molecular weight excluding hydrogens is 350 g/mol. The van der Waals surface area contributed by atoms with E-state index in [0.29, 0.717) is 22.9 Å². The van der Waals surface area contributed by atoms with Crippen molar-refractivity contribution >= 4 is 22.2 Å². The largest absolute Gasteiger partial charge is 0.497 e. The number of ether oxygens (including phenoxy) is 2. The van der Waals surface area contributed by atoms with Gasteiger partial charge in [0.15, 0.2) is 0 Å². The predicted molar refractivity (Wildman–Crippen MR) is 103 cm³/mol. The van der Waals surface area contributed by atoms with Crippen LogP contribution in [-0.4, -0.2) is 38.6 Å². The summed E-state index contributed by atoms with van der Waals surface area (Å²) in [5, 5.41) is 12.7. The smallest absolute Gasteiger partial charge is 0.239 e. The van der Waals surface area contributed by atoms with E-state index in [4.69, 9.17) is 9.47 Å². The third-order valence-electron chi connectivity index (χ3n) is 4.10. The van der Waals surface area contributed by atoms with Crippen molar-refractivity contribution in [2.75, 3.05) is 33.1 Å². The van der Waals surface area contributed by atoms with Gasteiger partial charge in [0.25, 0.3) is 0 Å². The third kappa shape index (κ3) is 4.54. The normalized spacial score (nSPS) is 10.5. The summed E-state index contributed by atoms with van der Waals surface area (Å²) < 4.78 is 10.6. The Morgan fingerprint density at radius 1 is 1.31 bits per heavy atom. The minimum Gasteiger partial charge on any atom is -0.497 e. The number of hydrogen-bond acceptors (Lipinski definition) is 6. The Hall–Kier alpha value is -2.56. The van der Waals surface area contributed by atoms with Gasteiger partial charge in [0.05, 0.1) is 26.3 Å². The van der Waals surface area contributed by atoms with E-state index in [1.807, 2.05) is 44.0 Å². The Bertz CT molecular complexity index is 839. The molecule has 0 aliphatic carbocycles. The van der Waals surface area contributed by atoms with Crippen molar-refractivity contribution in [2.45, 2.75) is 20.4 Å². The summed E-state index contributed by atoms with van der Waals surface area (Å²) in [6.45, 7) is 4.59. The van der Waals surface area contributed by atoms with Crippen LogP contribution in [0.1, 0.15) is 21.6 Å². The number of amides is 1. The minimum atomic E-state index is -0.155. The van der Waals surface area contributed by atoms with Crippen LogP contribution in [0.2, 0.25) is 0 Å². The van der Waals surface area contributed by atoms with E-state index < -0.39 is 0 Å². The van der Waals surface area contributed by atoms with E-state index >= 15 is 0 Å². The molecule has 0 fully saturated rings. The second kappa shape index (κ2) is 8.70. The number of rotatable bonds is 7. The lowest BCUT2D eigenvalue weighted by atomic mass is 10.1. The zero-order chi connectivity index (χ0) is 19.3. The van der Waals surface area contributed by atoms with E-state index in [0.717, 1.165) is 21.8 Å². The van der Waals surface area contributed by atoms with Gasteiger partial charge in [-0.3, -0.25) is 9.69 Å². The lowest BCUT2D eigenvalue weighted by molar-refractivity contribution is -0.117. The Kier molecular flexibility index (Phi) is 6.61. The number of nitrogens with zero attached hydrogens (tertiary/aromatic N) is 2. The number of thiophene rings is 1. The van der Waals surface area contributed by atoms with Crippen LogP contribution < -0.4 is 14.8 Å². The molecule has 0 unspecified atom stereocenters. The highest BCUT2D eigenvalue weighted by atomic mass is 32.1. The molecule has 2 rings (SSSR count). The van der Waals surface area contributed by atoms with Gasteiger partial charge >= 0.3 is 0 Å². The number of nitrogens with one attached hydrogen (secondary N) is 1. The van der Waals surface area contributed by atoms with Gasteiger partial charge in [-0.05, 0) is 32.5 Å². The summed E-state index contributed by atoms with van der Waals surface area (Å²) in [7, 11) is 5.07. The first-order valence-electron chi connectivity index (χ1n) is 8.09. The van der Waals surface area contributed by atoms with E-state index in [1.54, 1.807) is 14.2 Å². The van der Waals surface area contributed by atoms with Gasteiger partial charge in [-0.25, -0.2) is 0 Å². The first-order chi connectivity index (χ1) is 12.4. The van der Waals surface area contributed by atoms with Crippen molar-refractivity contribution in [3.05, 3.63) is 39.8 Å². The molecule has 0 aliphatic rings. The molecule has 7 heteroatoms. The summed E-state index contributed by atoms with van der Waals surface area (Å²) in [5.41, 5.74) is 2.42. The highest BCUT2D eigenvalue weighted by Gasteiger charge is 2.16. The number of carbonyl (C=O) groups is 1. The molecule has 0 aliphatic heterocycles. The summed E-state index contributed by atoms with van der Waals surface area (Å²) in [6, 6.07) is 7.77. The molecule has 6 nitrogen and oxygen atoms in total. The summed E-state index contributed by atoms with van der Waals surface area (Å²) in [6.07, 6.45) is 0. The molecule has 0 radical (unpaired) electrons. The highest BCUT2D eigenvalue weighted by molar-refractivity contribution is 7.16. The van der Waals surface area contributed by atoms with Crippen LogP contribution in [0.5, 0.6) is 11.5 Å². The summed E-state index contributed by atoms with van der Waals surface area (Å²) in [4.78, 5) is 15.3. The topological polar surface area (TPSA) is 74.6 Å². The second-order valence-electron chi connectivity index (χ2n) is 6.00. The van der Waals surface area contributed by atoms with Crippen LogP contribution in [0.25, 0.3) is 0 Å². The molecule has 0 saturated carbocycles. The minimum absolute atomic E-state index is 0.155. The van der Waals surface area contributed by atoms with Gasteiger partial charge in [-0.15, -0.1) is 11.3 Å². The van der Waals surface area contributed by atoms with E-state index in [9.17, 15) is 10.1 Å². The number of nitriles is 1. The maximum absolute atomic E-state index is 12.3. The van der Waals surface area contributed by atoms with Crippen molar-refractivity contribution in [3.63, 3.8) is 0 Å². The maximum Gasteiger partial charge on any atom is 0.239 e. The molecule has 1 heterocycles. The van der Waals surface area contributed by atoms with Crippen molar-refractivity contribution in [3.8, 4) is 17.6 Å². The zero-order valence-electron chi connectivity index (χ0n) is 15.7. The van der Waals surface area contributed by atoms with Crippen molar-refractivity contribution in [2.24, 2.45) is 0 Å².